The lowest BCUT2D eigenvalue weighted by atomic mass is 9.99. The van der Waals surface area contributed by atoms with E-state index in [1.165, 1.54) is 16.7 Å². The van der Waals surface area contributed by atoms with Crippen molar-refractivity contribution in [3.63, 3.8) is 0 Å². The minimum atomic E-state index is -1.07. The molecular weight excluding hydrogens is 412 g/mol. The summed E-state index contributed by atoms with van der Waals surface area (Å²) in [4.78, 5) is 39.0. The molecule has 2 amide bonds. The maximum atomic E-state index is 13.2. The monoisotopic (exact) mass is 446 g/mol. The van der Waals surface area contributed by atoms with Gasteiger partial charge in [0, 0.05) is 24.9 Å². The van der Waals surface area contributed by atoms with Gasteiger partial charge < -0.3 is 26.4 Å². The Morgan fingerprint density at radius 1 is 1.34 bits per heavy atom. The second kappa shape index (κ2) is 13.1. The molecule has 29 heavy (non-hydrogen) atoms. The third kappa shape index (κ3) is 8.19. The molecule has 166 valence electrons. The van der Waals surface area contributed by atoms with Crippen molar-refractivity contribution in [2.75, 3.05) is 30.9 Å². The molecule has 0 aromatic heterocycles. The first-order valence-corrected chi connectivity index (χ1v) is 11.8. The first kappa shape index (κ1) is 25.8. The summed E-state index contributed by atoms with van der Waals surface area (Å²) >= 11 is 5.68. The van der Waals surface area contributed by atoms with Crippen molar-refractivity contribution in [1.82, 2.24) is 15.5 Å². The summed E-state index contributed by atoms with van der Waals surface area (Å²) in [6.45, 7) is 4.61. The number of rotatable bonds is 12. The average Bonchev–Trinajstić information content (AvgIpc) is 2.70. The van der Waals surface area contributed by atoms with Crippen LogP contribution in [-0.2, 0) is 14.4 Å². The number of carboxylic acid groups (broad SMARTS) is 1. The summed E-state index contributed by atoms with van der Waals surface area (Å²) in [5, 5.41) is 15.2. The van der Waals surface area contributed by atoms with Gasteiger partial charge in [-0.2, -0.15) is 24.4 Å². The van der Waals surface area contributed by atoms with Crippen LogP contribution in [0.3, 0.4) is 0 Å². The molecule has 1 rings (SSSR count). The number of nitrogens with two attached hydrogens (primary N) is 1. The number of amides is 2. The maximum Gasteiger partial charge on any atom is 0.326 e. The lowest BCUT2D eigenvalue weighted by molar-refractivity contribution is -0.145. The zero-order valence-electron chi connectivity index (χ0n) is 17.3. The van der Waals surface area contributed by atoms with Gasteiger partial charge >= 0.3 is 5.97 Å². The molecule has 0 aromatic carbocycles. The van der Waals surface area contributed by atoms with E-state index in [1.807, 2.05) is 32.3 Å². The minimum absolute atomic E-state index is 0.00224. The number of aliphatic carboxylic acids is 1. The van der Waals surface area contributed by atoms with Crippen LogP contribution in [-0.4, -0.2) is 82.8 Å². The van der Waals surface area contributed by atoms with Gasteiger partial charge in [0.1, 0.15) is 12.1 Å². The predicted molar refractivity (Wildman–Crippen MR) is 120 cm³/mol. The van der Waals surface area contributed by atoms with Gasteiger partial charge in [-0.05, 0) is 30.8 Å². The molecule has 4 atom stereocenters. The summed E-state index contributed by atoms with van der Waals surface area (Å²) in [5.41, 5.74) is 5.90. The highest BCUT2D eigenvalue weighted by Gasteiger charge is 2.36. The molecular formula is C19H34N4O4S2. The molecule has 1 aliphatic rings. The average molecular weight is 447 g/mol. The Kier molecular flexibility index (Phi) is 11.7. The number of thiol groups is 1. The van der Waals surface area contributed by atoms with Gasteiger partial charge in [0.15, 0.2) is 0 Å². The van der Waals surface area contributed by atoms with E-state index >= 15 is 0 Å². The Morgan fingerprint density at radius 2 is 2.03 bits per heavy atom. The lowest BCUT2D eigenvalue weighted by Gasteiger charge is -2.36. The molecule has 0 fully saturated rings. The van der Waals surface area contributed by atoms with E-state index in [0.29, 0.717) is 37.4 Å². The van der Waals surface area contributed by atoms with E-state index < -0.39 is 30.0 Å². The van der Waals surface area contributed by atoms with Crippen molar-refractivity contribution >= 4 is 42.2 Å². The molecule has 1 unspecified atom stereocenters. The number of hydrogen-bond acceptors (Lipinski definition) is 7. The molecule has 0 saturated carbocycles. The number of carbonyl (C=O) groups excluding carboxylic acids is 2. The highest BCUT2D eigenvalue weighted by Crippen LogP contribution is 2.17. The van der Waals surface area contributed by atoms with Gasteiger partial charge in [-0.25, -0.2) is 4.79 Å². The van der Waals surface area contributed by atoms with E-state index in [2.05, 4.69) is 23.3 Å². The van der Waals surface area contributed by atoms with E-state index in [9.17, 15) is 19.5 Å². The maximum absolute atomic E-state index is 13.2. The highest BCUT2D eigenvalue weighted by atomic mass is 32.2. The molecule has 5 N–H and O–H groups in total. The third-order valence-electron chi connectivity index (χ3n) is 4.78. The first-order valence-electron chi connectivity index (χ1n) is 9.80. The Hall–Kier alpha value is -1.23. The molecule has 0 saturated heterocycles. The standard InChI is InChI=1S/C19H34N4O4S2/c1-12(2)16(21-10-13(20)11-28)18(25)23-8-5-4-6-15(23)17(24)22-14(19(26)27)7-9-29-3/h4-5,12-16,21,28H,6-11,20H2,1-3H3,(H,22,24)(H,26,27)/t13-,14-,15?,16-/m0/s1. The second-order valence-electron chi connectivity index (χ2n) is 7.47. The van der Waals surface area contributed by atoms with Gasteiger partial charge in [-0.1, -0.05) is 26.0 Å². The smallest absolute Gasteiger partial charge is 0.326 e. The van der Waals surface area contributed by atoms with Crippen molar-refractivity contribution in [1.29, 1.82) is 0 Å². The molecule has 0 radical (unpaired) electrons. The van der Waals surface area contributed by atoms with E-state index in [4.69, 9.17) is 5.73 Å². The minimum Gasteiger partial charge on any atom is -0.480 e. The fourth-order valence-corrected chi connectivity index (χ4v) is 3.65. The summed E-state index contributed by atoms with van der Waals surface area (Å²) < 4.78 is 0. The quantitative estimate of drug-likeness (QED) is 0.216. The Labute approximate surface area is 182 Å². The van der Waals surface area contributed by atoms with E-state index in [1.54, 1.807) is 0 Å². The van der Waals surface area contributed by atoms with Crippen LogP contribution in [0.15, 0.2) is 12.2 Å². The van der Waals surface area contributed by atoms with Gasteiger partial charge in [-0.15, -0.1) is 0 Å². The normalized spacial score (nSPS) is 19.7. The van der Waals surface area contributed by atoms with Crippen LogP contribution in [0.4, 0.5) is 0 Å². The van der Waals surface area contributed by atoms with Gasteiger partial charge in [-0.3, -0.25) is 9.59 Å². The zero-order valence-corrected chi connectivity index (χ0v) is 19.0. The molecule has 10 heteroatoms. The first-order chi connectivity index (χ1) is 13.7. The van der Waals surface area contributed by atoms with Crippen molar-refractivity contribution in [2.45, 2.75) is 50.9 Å². The molecule has 0 spiro atoms. The number of thioether (sulfide) groups is 1. The van der Waals surface area contributed by atoms with E-state index in [0.717, 1.165) is 0 Å². The third-order valence-corrected chi connectivity index (χ3v) is 5.90. The highest BCUT2D eigenvalue weighted by molar-refractivity contribution is 7.98. The summed E-state index contributed by atoms with van der Waals surface area (Å²) in [6.07, 6.45) is 6.26. The van der Waals surface area contributed by atoms with Gasteiger partial charge in [0.25, 0.3) is 0 Å². The van der Waals surface area contributed by atoms with Crippen LogP contribution in [0.2, 0.25) is 0 Å². The summed E-state index contributed by atoms with van der Waals surface area (Å²) in [7, 11) is 0. The topological polar surface area (TPSA) is 125 Å². The van der Waals surface area contributed by atoms with Crippen LogP contribution in [0.25, 0.3) is 0 Å². The Balaban J connectivity index is 2.90. The van der Waals surface area contributed by atoms with E-state index in [-0.39, 0.29) is 17.9 Å². The van der Waals surface area contributed by atoms with Gasteiger partial charge in [0.05, 0.1) is 6.04 Å². The fourth-order valence-electron chi connectivity index (χ4n) is 3.05. The lowest BCUT2D eigenvalue weighted by Crippen LogP contribution is -2.59. The number of carboxylic acids is 1. The molecule has 8 nitrogen and oxygen atoms in total. The van der Waals surface area contributed by atoms with Crippen molar-refractivity contribution in [3.05, 3.63) is 12.2 Å². The SMILES string of the molecule is CSCC[C@H](NC(=O)C1CC=CCN1C(=O)[C@@H](NC[C@H](N)CS)C(C)C)C(=O)O. The Bertz CT molecular complexity index is 589. The van der Waals surface area contributed by atoms with Crippen molar-refractivity contribution in [2.24, 2.45) is 11.7 Å². The van der Waals surface area contributed by atoms with Crippen LogP contribution in [0.1, 0.15) is 26.7 Å². The Morgan fingerprint density at radius 3 is 2.59 bits per heavy atom. The number of hydrogen-bond donors (Lipinski definition) is 5. The molecule has 1 aliphatic heterocycles. The van der Waals surface area contributed by atoms with Gasteiger partial charge in [0.2, 0.25) is 11.8 Å². The number of nitrogens with one attached hydrogen (secondary N) is 2. The summed E-state index contributed by atoms with van der Waals surface area (Å²) in [5.74, 6) is -0.583. The number of nitrogens with zero attached hydrogens (tertiary/aromatic N) is 1. The van der Waals surface area contributed by atoms with Crippen molar-refractivity contribution in [3.8, 4) is 0 Å². The van der Waals surface area contributed by atoms with Crippen LogP contribution in [0.5, 0.6) is 0 Å². The predicted octanol–water partition coefficient (Wildman–Crippen LogP) is 0.337. The van der Waals surface area contributed by atoms with Crippen LogP contribution >= 0.6 is 24.4 Å². The molecule has 0 aliphatic carbocycles. The second-order valence-corrected chi connectivity index (χ2v) is 8.82. The van der Waals surface area contributed by atoms with Crippen LogP contribution < -0.4 is 16.4 Å². The van der Waals surface area contributed by atoms with Crippen molar-refractivity contribution < 1.29 is 19.5 Å². The molecule has 1 heterocycles. The largest absolute Gasteiger partial charge is 0.480 e. The van der Waals surface area contributed by atoms with Crippen LogP contribution in [0, 0.1) is 5.92 Å². The molecule has 0 bridgehead atoms. The summed E-state index contributed by atoms with van der Waals surface area (Å²) in [6, 6.07) is -2.37. The number of carbonyl (C=O) groups is 3. The zero-order chi connectivity index (χ0) is 22.0. The fraction of sp³-hybridized carbons (Fsp3) is 0.737. The molecule has 0 aromatic rings.